The molecule has 5 heteroatoms. The van der Waals surface area contributed by atoms with Gasteiger partial charge in [-0.2, -0.15) is 0 Å². The smallest absolute Gasteiger partial charge is 0.222 e. The predicted molar refractivity (Wildman–Crippen MR) is 71.4 cm³/mol. The van der Waals surface area contributed by atoms with E-state index >= 15 is 0 Å². The van der Waals surface area contributed by atoms with E-state index in [0.29, 0.717) is 13.0 Å². The zero-order valence-electron chi connectivity index (χ0n) is 10.9. The van der Waals surface area contributed by atoms with Gasteiger partial charge in [0.25, 0.3) is 0 Å². The number of methoxy groups -OCH3 is 1. The van der Waals surface area contributed by atoms with E-state index in [9.17, 15) is 4.79 Å². The van der Waals surface area contributed by atoms with Crippen molar-refractivity contribution < 1.29 is 9.53 Å². The summed E-state index contributed by atoms with van der Waals surface area (Å²) < 4.78 is 5.34. The third-order valence-electron chi connectivity index (χ3n) is 3.34. The van der Waals surface area contributed by atoms with Crippen molar-refractivity contribution >= 4 is 18.3 Å². The fourth-order valence-corrected chi connectivity index (χ4v) is 2.25. The fraction of sp³-hybridized carbons (Fsp3) is 0.917. The summed E-state index contributed by atoms with van der Waals surface area (Å²) in [6.45, 7) is 3.44. The van der Waals surface area contributed by atoms with Crippen LogP contribution in [0.2, 0.25) is 0 Å². The molecule has 0 bridgehead atoms. The van der Waals surface area contributed by atoms with Crippen molar-refractivity contribution in [2.24, 2.45) is 5.73 Å². The number of unbranched alkanes of at least 4 members (excludes halogenated alkanes) is 1. The van der Waals surface area contributed by atoms with E-state index < -0.39 is 0 Å². The van der Waals surface area contributed by atoms with Crippen molar-refractivity contribution in [1.29, 1.82) is 0 Å². The number of piperidine rings is 1. The Morgan fingerprint density at radius 3 is 2.76 bits per heavy atom. The lowest BCUT2D eigenvalue weighted by molar-refractivity contribution is -0.136. The average Bonchev–Trinajstić information content (AvgIpc) is 2.34. The number of halogens is 1. The number of ether oxygens (including phenoxy) is 1. The maximum atomic E-state index is 12.0. The summed E-state index contributed by atoms with van der Waals surface area (Å²) in [7, 11) is 1.73. The first-order valence-electron chi connectivity index (χ1n) is 6.25. The lowest BCUT2D eigenvalue weighted by atomic mass is 9.98. The number of nitrogens with zero attached hydrogens (tertiary/aromatic N) is 1. The lowest BCUT2D eigenvalue weighted by Gasteiger charge is -2.38. The first-order chi connectivity index (χ1) is 7.72. The molecule has 17 heavy (non-hydrogen) atoms. The highest BCUT2D eigenvalue weighted by Crippen LogP contribution is 2.20. The van der Waals surface area contributed by atoms with Gasteiger partial charge in [-0.05, 0) is 19.3 Å². The molecule has 0 aromatic rings. The van der Waals surface area contributed by atoms with Gasteiger partial charge >= 0.3 is 0 Å². The van der Waals surface area contributed by atoms with Crippen LogP contribution in [0.25, 0.3) is 0 Å². The molecule has 1 saturated heterocycles. The fourth-order valence-electron chi connectivity index (χ4n) is 2.25. The number of hydrogen-bond donors (Lipinski definition) is 1. The molecule has 0 spiro atoms. The van der Waals surface area contributed by atoms with Crippen LogP contribution in [0.3, 0.4) is 0 Å². The molecule has 1 rings (SSSR count). The first kappa shape index (κ1) is 16.7. The van der Waals surface area contributed by atoms with Gasteiger partial charge in [0.1, 0.15) is 0 Å². The Morgan fingerprint density at radius 2 is 2.24 bits per heavy atom. The van der Waals surface area contributed by atoms with E-state index in [2.05, 4.69) is 6.92 Å². The number of nitrogens with two attached hydrogens (primary N) is 1. The Labute approximate surface area is 110 Å². The summed E-state index contributed by atoms with van der Waals surface area (Å²) in [6.07, 6.45) is 4.78. The number of rotatable bonds is 5. The summed E-state index contributed by atoms with van der Waals surface area (Å²) in [4.78, 5) is 13.9. The van der Waals surface area contributed by atoms with Crippen molar-refractivity contribution in [3.8, 4) is 0 Å². The van der Waals surface area contributed by atoms with Crippen LogP contribution in [0, 0.1) is 0 Å². The molecular formula is C12H25ClN2O2. The standard InChI is InChI=1S/C12H24N2O2.ClH/c1-3-4-5-12(15)14-7-6-11(16-2)8-10(14)9-13;/h10-11H,3-9,13H2,1-2H3;1H. The first-order valence-corrected chi connectivity index (χ1v) is 6.25. The zero-order valence-corrected chi connectivity index (χ0v) is 11.7. The van der Waals surface area contributed by atoms with Crippen molar-refractivity contribution in [1.82, 2.24) is 4.90 Å². The van der Waals surface area contributed by atoms with Gasteiger partial charge in [-0.3, -0.25) is 4.79 Å². The molecule has 0 aromatic carbocycles. The summed E-state index contributed by atoms with van der Waals surface area (Å²) >= 11 is 0. The Hall–Kier alpha value is -0.320. The molecule has 1 aliphatic rings. The summed E-state index contributed by atoms with van der Waals surface area (Å²) in [5.41, 5.74) is 5.73. The molecule has 2 atom stereocenters. The topological polar surface area (TPSA) is 55.6 Å². The van der Waals surface area contributed by atoms with Crippen molar-refractivity contribution in [2.45, 2.75) is 51.2 Å². The average molecular weight is 265 g/mol. The van der Waals surface area contributed by atoms with Gasteiger partial charge in [0.05, 0.1) is 6.10 Å². The minimum absolute atomic E-state index is 0. The molecule has 1 amide bonds. The number of likely N-dealkylation sites (tertiary alicyclic amines) is 1. The van der Waals surface area contributed by atoms with Gasteiger partial charge in [-0.15, -0.1) is 12.4 Å². The highest BCUT2D eigenvalue weighted by molar-refractivity contribution is 5.85. The van der Waals surface area contributed by atoms with E-state index in [0.717, 1.165) is 32.2 Å². The number of carbonyl (C=O) groups is 1. The van der Waals surface area contributed by atoms with Crippen LogP contribution < -0.4 is 5.73 Å². The van der Waals surface area contributed by atoms with Gasteiger partial charge in [0.2, 0.25) is 5.91 Å². The number of hydrogen-bond acceptors (Lipinski definition) is 3. The van der Waals surface area contributed by atoms with Crippen LogP contribution in [0.15, 0.2) is 0 Å². The number of amides is 1. The van der Waals surface area contributed by atoms with E-state index in [1.807, 2.05) is 4.90 Å². The molecule has 1 fully saturated rings. The molecular weight excluding hydrogens is 240 g/mol. The van der Waals surface area contributed by atoms with Crippen molar-refractivity contribution in [3.63, 3.8) is 0 Å². The highest BCUT2D eigenvalue weighted by Gasteiger charge is 2.30. The van der Waals surface area contributed by atoms with Crippen LogP contribution in [0.5, 0.6) is 0 Å². The van der Waals surface area contributed by atoms with E-state index in [1.165, 1.54) is 0 Å². The Morgan fingerprint density at radius 1 is 1.53 bits per heavy atom. The second-order valence-electron chi connectivity index (χ2n) is 4.46. The Kier molecular flexibility index (Phi) is 8.56. The van der Waals surface area contributed by atoms with Crippen LogP contribution >= 0.6 is 12.4 Å². The highest BCUT2D eigenvalue weighted by atomic mass is 35.5. The summed E-state index contributed by atoms with van der Waals surface area (Å²) in [5, 5.41) is 0. The van der Waals surface area contributed by atoms with Gasteiger partial charge in [-0.1, -0.05) is 13.3 Å². The third kappa shape index (κ3) is 4.82. The molecule has 0 aliphatic carbocycles. The third-order valence-corrected chi connectivity index (χ3v) is 3.34. The minimum Gasteiger partial charge on any atom is -0.381 e. The zero-order chi connectivity index (χ0) is 12.0. The maximum absolute atomic E-state index is 12.0. The largest absolute Gasteiger partial charge is 0.381 e. The van der Waals surface area contributed by atoms with E-state index in [4.69, 9.17) is 10.5 Å². The molecule has 102 valence electrons. The van der Waals surface area contributed by atoms with Crippen LogP contribution in [-0.2, 0) is 9.53 Å². The van der Waals surface area contributed by atoms with Crippen LogP contribution in [0.1, 0.15) is 39.0 Å². The van der Waals surface area contributed by atoms with Crippen molar-refractivity contribution in [3.05, 3.63) is 0 Å². The van der Waals surface area contributed by atoms with Crippen LogP contribution in [-0.4, -0.2) is 43.2 Å². The van der Waals surface area contributed by atoms with Crippen LogP contribution in [0.4, 0.5) is 0 Å². The molecule has 2 unspecified atom stereocenters. The summed E-state index contributed by atoms with van der Waals surface area (Å²) in [5.74, 6) is 0.256. The Bertz CT molecular complexity index is 227. The molecule has 1 aliphatic heterocycles. The van der Waals surface area contributed by atoms with Crippen molar-refractivity contribution in [2.75, 3.05) is 20.2 Å². The normalized spacial score (nSPS) is 24.3. The molecule has 1 heterocycles. The van der Waals surface area contributed by atoms with E-state index in [-0.39, 0.29) is 30.5 Å². The Balaban J connectivity index is 0.00000256. The minimum atomic E-state index is 0. The van der Waals surface area contributed by atoms with Gasteiger partial charge < -0.3 is 15.4 Å². The molecule has 0 radical (unpaired) electrons. The van der Waals surface area contributed by atoms with E-state index in [1.54, 1.807) is 7.11 Å². The van der Waals surface area contributed by atoms with Gasteiger partial charge in [0.15, 0.2) is 0 Å². The number of carbonyl (C=O) groups excluding carboxylic acids is 1. The molecule has 0 aromatic heterocycles. The second kappa shape index (κ2) is 8.72. The van der Waals surface area contributed by atoms with Gasteiger partial charge in [0, 0.05) is 32.7 Å². The quantitative estimate of drug-likeness (QED) is 0.820. The monoisotopic (exact) mass is 264 g/mol. The predicted octanol–water partition coefficient (Wildman–Crippen LogP) is 1.56. The van der Waals surface area contributed by atoms with Gasteiger partial charge in [-0.25, -0.2) is 0 Å². The lowest BCUT2D eigenvalue weighted by Crippen LogP contribution is -2.51. The molecule has 4 nitrogen and oxygen atoms in total. The SMILES string of the molecule is CCCCC(=O)N1CCC(OC)CC1CN.Cl. The molecule has 2 N–H and O–H groups in total. The molecule has 0 saturated carbocycles. The maximum Gasteiger partial charge on any atom is 0.222 e. The summed E-state index contributed by atoms with van der Waals surface area (Å²) in [6, 6.07) is 0.169. The second-order valence-corrected chi connectivity index (χ2v) is 4.46.